The zero-order valence-electron chi connectivity index (χ0n) is 7.72. The molecule has 0 saturated carbocycles. The number of hydrogen-bond acceptors (Lipinski definition) is 0. The lowest BCUT2D eigenvalue weighted by Crippen LogP contribution is -2.05. The first-order valence-corrected chi connectivity index (χ1v) is 4.27. The minimum Gasteiger partial charge on any atom is -0.103 e. The van der Waals surface area contributed by atoms with Gasteiger partial charge < -0.3 is 0 Å². The molecule has 0 N–H and O–H groups in total. The Morgan fingerprint density at radius 1 is 1.36 bits per heavy atom. The molecule has 0 heterocycles. The maximum absolute atomic E-state index is 4.10. The van der Waals surface area contributed by atoms with Crippen LogP contribution in [0.1, 0.15) is 26.7 Å². The third kappa shape index (κ3) is 4.83. The maximum atomic E-state index is 4.10. The average Bonchev–Trinajstić information content (AvgIpc) is 2.00. The molecule has 0 spiro atoms. The monoisotopic (exact) mass is 151 g/mol. The van der Waals surface area contributed by atoms with Crippen molar-refractivity contribution in [1.29, 1.82) is 0 Å². The molecule has 0 aromatic rings. The Balaban J connectivity index is 3.62. The summed E-state index contributed by atoms with van der Waals surface area (Å²) in [4.78, 5) is 0. The SMILES string of the molecule is [CH2]C(CC=CC)C(C)CC=C. The molecule has 0 aliphatic heterocycles. The molecule has 0 amide bonds. The second-order valence-electron chi connectivity index (χ2n) is 3.07. The van der Waals surface area contributed by atoms with Gasteiger partial charge in [-0.3, -0.25) is 0 Å². The van der Waals surface area contributed by atoms with Crippen LogP contribution in [-0.2, 0) is 0 Å². The first kappa shape index (κ1) is 10.5. The van der Waals surface area contributed by atoms with E-state index in [1.165, 1.54) is 0 Å². The van der Waals surface area contributed by atoms with Crippen LogP contribution in [0.25, 0.3) is 0 Å². The van der Waals surface area contributed by atoms with Crippen molar-refractivity contribution in [3.8, 4) is 0 Å². The van der Waals surface area contributed by atoms with Crippen LogP contribution in [0.3, 0.4) is 0 Å². The topological polar surface area (TPSA) is 0 Å². The lowest BCUT2D eigenvalue weighted by Gasteiger charge is -2.15. The first-order chi connectivity index (χ1) is 5.22. The van der Waals surface area contributed by atoms with E-state index in [9.17, 15) is 0 Å². The molecule has 0 aliphatic rings. The highest BCUT2D eigenvalue weighted by Gasteiger charge is 2.07. The van der Waals surface area contributed by atoms with Gasteiger partial charge in [0.1, 0.15) is 0 Å². The summed E-state index contributed by atoms with van der Waals surface area (Å²) >= 11 is 0. The van der Waals surface area contributed by atoms with E-state index in [-0.39, 0.29) is 0 Å². The molecular weight excluding hydrogens is 132 g/mol. The quantitative estimate of drug-likeness (QED) is 0.526. The van der Waals surface area contributed by atoms with Crippen molar-refractivity contribution in [2.75, 3.05) is 0 Å². The second kappa shape index (κ2) is 6.21. The molecule has 0 heteroatoms. The summed E-state index contributed by atoms with van der Waals surface area (Å²) in [7, 11) is 0. The third-order valence-corrected chi connectivity index (χ3v) is 2.02. The van der Waals surface area contributed by atoms with E-state index in [4.69, 9.17) is 0 Å². The summed E-state index contributed by atoms with van der Waals surface area (Å²) in [5.74, 6) is 1.19. The van der Waals surface area contributed by atoms with Crippen molar-refractivity contribution in [3.05, 3.63) is 31.7 Å². The van der Waals surface area contributed by atoms with Gasteiger partial charge in [0, 0.05) is 0 Å². The van der Waals surface area contributed by atoms with E-state index in [0.717, 1.165) is 12.8 Å². The smallest absolute Gasteiger partial charge is 0.0320 e. The molecule has 0 bridgehead atoms. The van der Waals surface area contributed by atoms with E-state index in [1.807, 2.05) is 13.0 Å². The normalized spacial score (nSPS) is 16.6. The Labute approximate surface area is 71.0 Å². The van der Waals surface area contributed by atoms with Crippen molar-refractivity contribution in [3.63, 3.8) is 0 Å². The van der Waals surface area contributed by atoms with Crippen molar-refractivity contribution >= 4 is 0 Å². The standard InChI is InChI=1S/C11H19/c1-5-7-9-11(4)10(3)8-6-2/h5-7,10-11H,2,4,8-9H2,1,3H3. The first-order valence-electron chi connectivity index (χ1n) is 4.27. The van der Waals surface area contributed by atoms with E-state index >= 15 is 0 Å². The lowest BCUT2D eigenvalue weighted by molar-refractivity contribution is 0.433. The van der Waals surface area contributed by atoms with Crippen LogP contribution in [-0.4, -0.2) is 0 Å². The van der Waals surface area contributed by atoms with Crippen molar-refractivity contribution in [2.24, 2.45) is 11.8 Å². The summed E-state index contributed by atoms with van der Waals surface area (Å²) in [5, 5.41) is 0. The molecule has 1 radical (unpaired) electrons. The molecule has 11 heavy (non-hydrogen) atoms. The van der Waals surface area contributed by atoms with Gasteiger partial charge in [0.2, 0.25) is 0 Å². The van der Waals surface area contributed by atoms with Crippen LogP contribution in [0.2, 0.25) is 0 Å². The van der Waals surface area contributed by atoms with Gasteiger partial charge in [-0.15, -0.1) is 6.58 Å². The van der Waals surface area contributed by atoms with Gasteiger partial charge in [0.05, 0.1) is 0 Å². The molecule has 0 aliphatic carbocycles. The predicted octanol–water partition coefficient (Wildman–Crippen LogP) is 3.62. The van der Waals surface area contributed by atoms with E-state index in [2.05, 4.69) is 32.6 Å². The molecule has 0 saturated heterocycles. The summed E-state index contributed by atoms with van der Waals surface area (Å²) in [6.07, 6.45) is 8.39. The fourth-order valence-electron chi connectivity index (χ4n) is 0.999. The molecular formula is C11H19. The summed E-state index contributed by atoms with van der Waals surface area (Å²) < 4.78 is 0. The highest BCUT2D eigenvalue weighted by atomic mass is 14.1. The Bertz CT molecular complexity index is 122. The van der Waals surface area contributed by atoms with Gasteiger partial charge in [0.15, 0.2) is 0 Å². The van der Waals surface area contributed by atoms with Crippen molar-refractivity contribution in [1.82, 2.24) is 0 Å². The number of hydrogen-bond donors (Lipinski definition) is 0. The molecule has 0 nitrogen and oxygen atoms in total. The molecule has 63 valence electrons. The Morgan fingerprint density at radius 3 is 2.45 bits per heavy atom. The van der Waals surface area contributed by atoms with Gasteiger partial charge in [-0.1, -0.05) is 25.2 Å². The molecule has 0 aromatic carbocycles. The van der Waals surface area contributed by atoms with Crippen LogP contribution in [0.4, 0.5) is 0 Å². The zero-order chi connectivity index (χ0) is 8.69. The summed E-state index contributed by atoms with van der Waals surface area (Å²) in [6, 6.07) is 0. The largest absolute Gasteiger partial charge is 0.103 e. The van der Waals surface area contributed by atoms with E-state index < -0.39 is 0 Å². The van der Waals surface area contributed by atoms with Crippen molar-refractivity contribution in [2.45, 2.75) is 26.7 Å². The molecule has 0 fully saturated rings. The Morgan fingerprint density at radius 2 is 2.00 bits per heavy atom. The fraction of sp³-hybridized carbons (Fsp3) is 0.545. The lowest BCUT2D eigenvalue weighted by atomic mass is 9.90. The maximum Gasteiger partial charge on any atom is -0.0320 e. The van der Waals surface area contributed by atoms with Crippen LogP contribution in [0.15, 0.2) is 24.8 Å². The fourth-order valence-corrected chi connectivity index (χ4v) is 0.999. The van der Waals surface area contributed by atoms with Gasteiger partial charge in [-0.2, -0.15) is 0 Å². The second-order valence-corrected chi connectivity index (χ2v) is 3.07. The predicted molar refractivity (Wildman–Crippen MR) is 52.3 cm³/mol. The highest BCUT2D eigenvalue weighted by Crippen LogP contribution is 2.18. The number of rotatable bonds is 5. The Kier molecular flexibility index (Phi) is 5.91. The zero-order valence-corrected chi connectivity index (χ0v) is 7.72. The van der Waals surface area contributed by atoms with Gasteiger partial charge in [-0.05, 0) is 38.5 Å². The Hall–Kier alpha value is -0.520. The van der Waals surface area contributed by atoms with Crippen LogP contribution >= 0.6 is 0 Å². The third-order valence-electron chi connectivity index (χ3n) is 2.02. The molecule has 0 aromatic heterocycles. The molecule has 0 rings (SSSR count). The highest BCUT2D eigenvalue weighted by molar-refractivity contribution is 4.85. The summed E-state index contributed by atoms with van der Waals surface area (Å²) in [6.45, 7) is 12.1. The molecule has 2 unspecified atom stereocenters. The van der Waals surface area contributed by atoms with Crippen LogP contribution in [0, 0.1) is 18.8 Å². The average molecular weight is 151 g/mol. The van der Waals surface area contributed by atoms with Crippen LogP contribution < -0.4 is 0 Å². The van der Waals surface area contributed by atoms with Gasteiger partial charge in [0.25, 0.3) is 0 Å². The minimum atomic E-state index is 0.532. The van der Waals surface area contributed by atoms with E-state index in [0.29, 0.717) is 11.8 Å². The number of allylic oxidation sites excluding steroid dienone is 3. The van der Waals surface area contributed by atoms with Gasteiger partial charge >= 0.3 is 0 Å². The van der Waals surface area contributed by atoms with Crippen molar-refractivity contribution < 1.29 is 0 Å². The van der Waals surface area contributed by atoms with Gasteiger partial charge in [-0.25, -0.2) is 0 Å². The van der Waals surface area contributed by atoms with E-state index in [1.54, 1.807) is 0 Å². The van der Waals surface area contributed by atoms with Crippen LogP contribution in [0.5, 0.6) is 0 Å². The molecule has 2 atom stereocenters. The summed E-state index contributed by atoms with van der Waals surface area (Å²) in [5.41, 5.74) is 0. The minimum absolute atomic E-state index is 0.532.